The molecule has 1 aromatic rings. The number of rotatable bonds is 4. The van der Waals surface area contributed by atoms with E-state index in [1.807, 2.05) is 0 Å². The third kappa shape index (κ3) is 3.24. The summed E-state index contributed by atoms with van der Waals surface area (Å²) in [6.07, 6.45) is 4.14. The molecule has 0 saturated carbocycles. The summed E-state index contributed by atoms with van der Waals surface area (Å²) in [4.78, 5) is 12.1. The molecule has 108 valence electrons. The molecule has 0 saturated heterocycles. The highest BCUT2D eigenvalue weighted by Crippen LogP contribution is 2.20. The Labute approximate surface area is 118 Å². The van der Waals surface area contributed by atoms with E-state index in [0.29, 0.717) is 12.1 Å². The van der Waals surface area contributed by atoms with Crippen LogP contribution in [0.15, 0.2) is 41.3 Å². The number of anilines is 1. The van der Waals surface area contributed by atoms with Gasteiger partial charge in [-0.15, -0.1) is 0 Å². The standard InChI is InChI=1S/C13H17N3O3S/c1-15-20(18,19)12-4-2-3-11(8-12)16-13(17)9-5-6-10(14)7-9/h2-6,8-10,15H,7,14H2,1H3,(H,16,17). The summed E-state index contributed by atoms with van der Waals surface area (Å²) in [5.41, 5.74) is 6.15. The van der Waals surface area contributed by atoms with Crippen molar-refractivity contribution in [3.05, 3.63) is 36.4 Å². The molecule has 0 radical (unpaired) electrons. The first-order valence-electron chi connectivity index (χ1n) is 6.21. The van der Waals surface area contributed by atoms with Crippen LogP contribution < -0.4 is 15.8 Å². The van der Waals surface area contributed by atoms with Gasteiger partial charge in [-0.05, 0) is 31.7 Å². The zero-order chi connectivity index (χ0) is 14.8. The summed E-state index contributed by atoms with van der Waals surface area (Å²) in [6.45, 7) is 0. The van der Waals surface area contributed by atoms with Gasteiger partial charge in [0.05, 0.1) is 10.8 Å². The van der Waals surface area contributed by atoms with Gasteiger partial charge in [-0.1, -0.05) is 18.2 Å². The largest absolute Gasteiger partial charge is 0.326 e. The first-order chi connectivity index (χ1) is 9.42. The van der Waals surface area contributed by atoms with E-state index < -0.39 is 10.0 Å². The number of sulfonamides is 1. The molecule has 20 heavy (non-hydrogen) atoms. The minimum Gasteiger partial charge on any atom is -0.326 e. The minimum atomic E-state index is -3.52. The highest BCUT2D eigenvalue weighted by molar-refractivity contribution is 7.89. The molecule has 4 N–H and O–H groups in total. The zero-order valence-corrected chi connectivity index (χ0v) is 11.9. The van der Waals surface area contributed by atoms with E-state index in [2.05, 4.69) is 10.0 Å². The van der Waals surface area contributed by atoms with Gasteiger partial charge >= 0.3 is 0 Å². The van der Waals surface area contributed by atoms with Crippen LogP contribution in [0.5, 0.6) is 0 Å². The fourth-order valence-electron chi connectivity index (χ4n) is 2.02. The minimum absolute atomic E-state index is 0.0956. The van der Waals surface area contributed by atoms with E-state index in [-0.39, 0.29) is 22.8 Å². The van der Waals surface area contributed by atoms with Gasteiger partial charge in [-0.25, -0.2) is 13.1 Å². The molecular weight excluding hydrogens is 278 g/mol. The van der Waals surface area contributed by atoms with Gasteiger partial charge in [-0.3, -0.25) is 4.79 Å². The third-order valence-electron chi connectivity index (χ3n) is 3.13. The fourth-order valence-corrected chi connectivity index (χ4v) is 2.79. The van der Waals surface area contributed by atoms with Crippen LogP contribution in [-0.2, 0) is 14.8 Å². The lowest BCUT2D eigenvalue weighted by atomic mass is 10.1. The second-order valence-corrected chi connectivity index (χ2v) is 6.50. The van der Waals surface area contributed by atoms with Gasteiger partial charge in [0, 0.05) is 11.7 Å². The van der Waals surface area contributed by atoms with Gasteiger partial charge in [0.2, 0.25) is 15.9 Å². The molecule has 0 spiro atoms. The number of hydrogen-bond acceptors (Lipinski definition) is 4. The Balaban J connectivity index is 2.13. The quantitative estimate of drug-likeness (QED) is 0.701. The normalized spacial score (nSPS) is 21.9. The van der Waals surface area contributed by atoms with Crippen LogP contribution >= 0.6 is 0 Å². The van der Waals surface area contributed by atoms with Gasteiger partial charge in [0.25, 0.3) is 0 Å². The van der Waals surface area contributed by atoms with Crippen LogP contribution in [0.1, 0.15) is 6.42 Å². The average Bonchev–Trinajstić information content (AvgIpc) is 2.86. The zero-order valence-electron chi connectivity index (χ0n) is 11.0. The lowest BCUT2D eigenvalue weighted by Gasteiger charge is -2.11. The summed E-state index contributed by atoms with van der Waals surface area (Å²) in [6, 6.07) is 6.01. The van der Waals surface area contributed by atoms with Crippen molar-refractivity contribution in [2.45, 2.75) is 17.4 Å². The van der Waals surface area contributed by atoms with Crippen molar-refractivity contribution in [1.29, 1.82) is 0 Å². The monoisotopic (exact) mass is 295 g/mol. The van der Waals surface area contributed by atoms with Gasteiger partial charge in [0.1, 0.15) is 0 Å². The highest BCUT2D eigenvalue weighted by Gasteiger charge is 2.23. The molecule has 1 aliphatic carbocycles. The summed E-state index contributed by atoms with van der Waals surface area (Å²) in [5.74, 6) is -0.456. The molecule has 0 aliphatic heterocycles. The third-order valence-corrected chi connectivity index (χ3v) is 4.55. The van der Waals surface area contributed by atoms with Crippen molar-refractivity contribution in [2.24, 2.45) is 11.7 Å². The Morgan fingerprint density at radius 2 is 2.10 bits per heavy atom. The second kappa shape index (κ2) is 5.74. The lowest BCUT2D eigenvalue weighted by molar-refractivity contribution is -0.118. The van der Waals surface area contributed by atoms with Crippen molar-refractivity contribution >= 4 is 21.6 Å². The molecular formula is C13H17N3O3S. The summed E-state index contributed by atoms with van der Waals surface area (Å²) < 4.78 is 25.6. The van der Waals surface area contributed by atoms with Crippen LogP contribution in [0, 0.1) is 5.92 Å². The Kier molecular flexibility index (Phi) is 4.22. The number of amides is 1. The molecule has 2 rings (SSSR count). The molecule has 2 atom stereocenters. The fraction of sp³-hybridized carbons (Fsp3) is 0.308. The number of nitrogens with one attached hydrogen (secondary N) is 2. The van der Waals surface area contributed by atoms with E-state index in [1.54, 1.807) is 24.3 Å². The van der Waals surface area contributed by atoms with Crippen LogP contribution in [0.4, 0.5) is 5.69 Å². The molecule has 0 fully saturated rings. The molecule has 1 amide bonds. The van der Waals surface area contributed by atoms with Crippen LogP contribution in [0.2, 0.25) is 0 Å². The second-order valence-electron chi connectivity index (χ2n) is 4.62. The maximum Gasteiger partial charge on any atom is 0.240 e. The van der Waals surface area contributed by atoms with E-state index in [0.717, 1.165) is 0 Å². The first-order valence-corrected chi connectivity index (χ1v) is 7.69. The van der Waals surface area contributed by atoms with E-state index in [1.165, 1.54) is 19.2 Å². The van der Waals surface area contributed by atoms with E-state index >= 15 is 0 Å². The van der Waals surface area contributed by atoms with Crippen molar-refractivity contribution in [1.82, 2.24) is 4.72 Å². The number of hydrogen-bond donors (Lipinski definition) is 3. The van der Waals surface area contributed by atoms with Crippen LogP contribution in [0.25, 0.3) is 0 Å². The summed E-state index contributed by atoms with van der Waals surface area (Å²) in [7, 11) is -2.18. The predicted octanol–water partition coefficient (Wildman–Crippen LogP) is 0.437. The topological polar surface area (TPSA) is 101 Å². The molecule has 0 aromatic heterocycles. The number of nitrogens with two attached hydrogens (primary N) is 1. The molecule has 0 bridgehead atoms. The van der Waals surface area contributed by atoms with E-state index in [9.17, 15) is 13.2 Å². The number of carbonyl (C=O) groups excluding carboxylic acids is 1. The first kappa shape index (κ1) is 14.7. The Bertz CT molecular complexity index is 640. The lowest BCUT2D eigenvalue weighted by Crippen LogP contribution is -2.24. The number of benzene rings is 1. The SMILES string of the molecule is CNS(=O)(=O)c1cccc(NC(=O)C2C=CC(N)C2)c1. The van der Waals surface area contributed by atoms with Gasteiger partial charge in [0.15, 0.2) is 0 Å². The van der Waals surface area contributed by atoms with Crippen molar-refractivity contribution < 1.29 is 13.2 Å². The Morgan fingerprint density at radius 1 is 1.35 bits per heavy atom. The Morgan fingerprint density at radius 3 is 2.70 bits per heavy atom. The maximum absolute atomic E-state index is 12.0. The maximum atomic E-state index is 12.0. The molecule has 0 heterocycles. The highest BCUT2D eigenvalue weighted by atomic mass is 32.2. The number of carbonyl (C=O) groups is 1. The summed E-state index contributed by atoms with van der Waals surface area (Å²) in [5, 5.41) is 2.70. The molecule has 1 aromatic carbocycles. The molecule has 2 unspecified atom stereocenters. The summed E-state index contributed by atoms with van der Waals surface area (Å²) >= 11 is 0. The smallest absolute Gasteiger partial charge is 0.240 e. The van der Waals surface area contributed by atoms with Crippen molar-refractivity contribution in [3.8, 4) is 0 Å². The van der Waals surface area contributed by atoms with Gasteiger partial charge in [-0.2, -0.15) is 0 Å². The predicted molar refractivity (Wildman–Crippen MR) is 76.5 cm³/mol. The van der Waals surface area contributed by atoms with Crippen LogP contribution in [0.3, 0.4) is 0 Å². The molecule has 1 aliphatic rings. The van der Waals surface area contributed by atoms with E-state index in [4.69, 9.17) is 5.73 Å². The van der Waals surface area contributed by atoms with Crippen molar-refractivity contribution in [2.75, 3.05) is 12.4 Å². The van der Waals surface area contributed by atoms with Crippen molar-refractivity contribution in [3.63, 3.8) is 0 Å². The average molecular weight is 295 g/mol. The molecule has 7 heteroatoms. The van der Waals surface area contributed by atoms with Crippen LogP contribution in [-0.4, -0.2) is 27.4 Å². The Hall–Kier alpha value is -1.70. The molecule has 6 nitrogen and oxygen atoms in total. The van der Waals surface area contributed by atoms with Gasteiger partial charge < -0.3 is 11.1 Å².